The summed E-state index contributed by atoms with van der Waals surface area (Å²) in [5.74, 6) is 1.25. The van der Waals surface area contributed by atoms with Gasteiger partial charge in [0, 0.05) is 0 Å². The summed E-state index contributed by atoms with van der Waals surface area (Å²) in [6.45, 7) is 0.487. The van der Waals surface area contributed by atoms with Gasteiger partial charge in [0.15, 0.2) is 16.6 Å². The van der Waals surface area contributed by atoms with Crippen molar-refractivity contribution in [2.75, 3.05) is 7.11 Å². The van der Waals surface area contributed by atoms with E-state index in [1.54, 1.807) is 24.6 Å². The van der Waals surface area contributed by atoms with Crippen LogP contribution in [0.5, 0.6) is 11.5 Å². The third kappa shape index (κ3) is 4.50. The van der Waals surface area contributed by atoms with E-state index in [-0.39, 0.29) is 5.75 Å². The second kappa shape index (κ2) is 7.30. The highest BCUT2D eigenvalue weighted by atomic mass is 32.1. The molecule has 3 N–H and O–H groups in total. The first-order valence-corrected chi connectivity index (χ1v) is 6.56. The van der Waals surface area contributed by atoms with Crippen LogP contribution < -0.4 is 15.5 Å². The Kier molecular flexibility index (Phi) is 5.16. The monoisotopic (exact) mass is 305 g/mol. The summed E-state index contributed by atoms with van der Waals surface area (Å²) in [6, 6.07) is 8.57. The lowest BCUT2D eigenvalue weighted by molar-refractivity contribution is 0.373. The first-order valence-electron chi connectivity index (χ1n) is 6.15. The lowest BCUT2D eigenvalue weighted by atomic mass is 10.2. The van der Waals surface area contributed by atoms with Gasteiger partial charge in [-0.05, 0) is 48.1 Å². The van der Waals surface area contributed by atoms with Crippen LogP contribution in [0.2, 0.25) is 0 Å². The zero-order valence-electron chi connectivity index (χ0n) is 11.4. The van der Waals surface area contributed by atoms with Crippen LogP contribution >= 0.6 is 12.2 Å². The number of furan rings is 1. The fourth-order valence-electron chi connectivity index (χ4n) is 1.56. The predicted octanol–water partition coefficient (Wildman–Crippen LogP) is 1.99. The maximum Gasteiger partial charge on any atom is 0.187 e. The van der Waals surface area contributed by atoms with Crippen molar-refractivity contribution in [3.8, 4) is 11.5 Å². The third-order valence-electron chi connectivity index (χ3n) is 2.59. The molecule has 1 aromatic heterocycles. The molecule has 0 aliphatic carbocycles. The van der Waals surface area contributed by atoms with Crippen LogP contribution in [0.4, 0.5) is 0 Å². The van der Waals surface area contributed by atoms with Gasteiger partial charge < -0.3 is 19.6 Å². The molecule has 7 heteroatoms. The molecule has 2 aromatic rings. The van der Waals surface area contributed by atoms with Crippen molar-refractivity contribution < 1.29 is 14.3 Å². The van der Waals surface area contributed by atoms with Gasteiger partial charge in [-0.1, -0.05) is 0 Å². The summed E-state index contributed by atoms with van der Waals surface area (Å²) < 4.78 is 10.2. The third-order valence-corrected chi connectivity index (χ3v) is 2.82. The summed E-state index contributed by atoms with van der Waals surface area (Å²) in [5.41, 5.74) is 3.46. The molecule has 0 unspecified atom stereocenters. The average molecular weight is 305 g/mol. The largest absolute Gasteiger partial charge is 0.504 e. The maximum atomic E-state index is 9.48. The highest BCUT2D eigenvalue weighted by molar-refractivity contribution is 7.80. The molecule has 1 aromatic carbocycles. The zero-order chi connectivity index (χ0) is 15.1. The number of thiocarbonyl (C=S) groups is 1. The number of hydrazone groups is 1. The van der Waals surface area contributed by atoms with Crippen molar-refractivity contribution in [3.63, 3.8) is 0 Å². The first kappa shape index (κ1) is 14.9. The van der Waals surface area contributed by atoms with E-state index in [9.17, 15) is 5.11 Å². The van der Waals surface area contributed by atoms with E-state index >= 15 is 0 Å². The number of nitrogens with zero attached hydrogens (tertiary/aromatic N) is 1. The molecule has 21 heavy (non-hydrogen) atoms. The molecular formula is C14H15N3O3S. The van der Waals surface area contributed by atoms with Crippen LogP contribution in [0.25, 0.3) is 0 Å². The fraction of sp³-hybridized carbons (Fsp3) is 0.143. The fourth-order valence-corrected chi connectivity index (χ4v) is 1.68. The molecule has 110 valence electrons. The molecule has 1 heterocycles. The quantitative estimate of drug-likeness (QED) is 0.445. The number of hydrogen-bond acceptors (Lipinski definition) is 5. The Hall–Kier alpha value is -2.54. The van der Waals surface area contributed by atoms with E-state index in [0.717, 1.165) is 11.3 Å². The topological polar surface area (TPSA) is 79.0 Å². The SMILES string of the molecule is COc1cc(/C=N/NC(=S)NCc2ccco2)ccc1O. The van der Waals surface area contributed by atoms with Gasteiger partial charge in [-0.2, -0.15) is 5.10 Å². The molecule has 0 aliphatic heterocycles. The number of aromatic hydroxyl groups is 1. The van der Waals surface area contributed by atoms with Gasteiger partial charge in [0.1, 0.15) is 5.76 Å². The van der Waals surface area contributed by atoms with Crippen molar-refractivity contribution in [3.05, 3.63) is 47.9 Å². The van der Waals surface area contributed by atoms with E-state index < -0.39 is 0 Å². The minimum absolute atomic E-state index is 0.0817. The molecule has 0 fully saturated rings. The van der Waals surface area contributed by atoms with Gasteiger partial charge >= 0.3 is 0 Å². The van der Waals surface area contributed by atoms with Crippen LogP contribution in [0, 0.1) is 0 Å². The molecule has 0 saturated heterocycles. The Labute approximate surface area is 127 Å². The Morgan fingerprint density at radius 1 is 1.48 bits per heavy atom. The van der Waals surface area contributed by atoms with E-state index in [0.29, 0.717) is 17.4 Å². The van der Waals surface area contributed by atoms with Crippen molar-refractivity contribution >= 4 is 23.5 Å². The van der Waals surface area contributed by atoms with E-state index in [1.807, 2.05) is 12.1 Å². The van der Waals surface area contributed by atoms with Gasteiger partial charge in [0.2, 0.25) is 0 Å². The Balaban J connectivity index is 1.82. The Bertz CT molecular complexity index is 626. The summed E-state index contributed by atoms with van der Waals surface area (Å²) in [4.78, 5) is 0. The van der Waals surface area contributed by atoms with Crippen molar-refractivity contribution in [2.45, 2.75) is 6.54 Å². The van der Waals surface area contributed by atoms with E-state index in [1.165, 1.54) is 13.2 Å². The molecule has 0 saturated carbocycles. The molecule has 0 atom stereocenters. The van der Waals surface area contributed by atoms with Crippen LogP contribution in [0.3, 0.4) is 0 Å². The summed E-state index contributed by atoms with van der Waals surface area (Å²) >= 11 is 5.07. The highest BCUT2D eigenvalue weighted by Gasteiger charge is 2.01. The van der Waals surface area contributed by atoms with Crippen molar-refractivity contribution in [2.24, 2.45) is 5.10 Å². The van der Waals surface area contributed by atoms with Crippen LogP contribution in [-0.2, 0) is 6.54 Å². The molecule has 0 spiro atoms. The Morgan fingerprint density at radius 2 is 2.33 bits per heavy atom. The van der Waals surface area contributed by atoms with Gasteiger partial charge in [0.05, 0.1) is 26.1 Å². The number of nitrogens with one attached hydrogen (secondary N) is 2. The number of ether oxygens (including phenoxy) is 1. The number of phenolic OH excluding ortho intramolecular Hbond substituents is 1. The minimum atomic E-state index is 0.0817. The van der Waals surface area contributed by atoms with Crippen molar-refractivity contribution in [1.29, 1.82) is 0 Å². The molecule has 0 bridgehead atoms. The smallest absolute Gasteiger partial charge is 0.187 e. The van der Waals surface area contributed by atoms with Gasteiger partial charge in [0.25, 0.3) is 0 Å². The average Bonchev–Trinajstić information content (AvgIpc) is 3.00. The molecule has 0 radical (unpaired) electrons. The van der Waals surface area contributed by atoms with Gasteiger partial charge in [-0.25, -0.2) is 0 Å². The number of rotatable bonds is 5. The number of benzene rings is 1. The van der Waals surface area contributed by atoms with Crippen LogP contribution in [0.15, 0.2) is 46.1 Å². The van der Waals surface area contributed by atoms with Crippen molar-refractivity contribution in [1.82, 2.24) is 10.7 Å². The van der Waals surface area contributed by atoms with E-state index in [2.05, 4.69) is 15.8 Å². The number of hydrogen-bond donors (Lipinski definition) is 3. The highest BCUT2D eigenvalue weighted by Crippen LogP contribution is 2.25. The molecule has 0 amide bonds. The molecular weight excluding hydrogens is 290 g/mol. The van der Waals surface area contributed by atoms with Gasteiger partial charge in [-0.15, -0.1) is 0 Å². The van der Waals surface area contributed by atoms with Crippen LogP contribution in [-0.4, -0.2) is 23.5 Å². The molecule has 2 rings (SSSR count). The van der Waals surface area contributed by atoms with E-state index in [4.69, 9.17) is 21.4 Å². The first-order chi connectivity index (χ1) is 10.2. The zero-order valence-corrected chi connectivity index (χ0v) is 12.2. The lowest BCUT2D eigenvalue weighted by Gasteiger charge is -2.05. The van der Waals surface area contributed by atoms with Gasteiger partial charge in [-0.3, -0.25) is 5.43 Å². The molecule has 6 nitrogen and oxygen atoms in total. The molecule has 0 aliphatic rings. The lowest BCUT2D eigenvalue weighted by Crippen LogP contribution is -2.31. The predicted molar refractivity (Wildman–Crippen MR) is 83.5 cm³/mol. The number of methoxy groups -OCH3 is 1. The second-order valence-electron chi connectivity index (χ2n) is 4.06. The summed E-state index contributed by atoms with van der Waals surface area (Å²) in [6.07, 6.45) is 3.17. The standard InChI is InChI=1S/C14H15N3O3S/c1-19-13-7-10(4-5-12(13)18)8-16-17-14(21)15-9-11-3-2-6-20-11/h2-8,18H,9H2,1H3,(H2,15,17,21)/b16-8+. The second-order valence-corrected chi connectivity index (χ2v) is 4.47. The summed E-state index contributed by atoms with van der Waals surface area (Å²) in [7, 11) is 1.49. The minimum Gasteiger partial charge on any atom is -0.504 e. The maximum absolute atomic E-state index is 9.48. The summed E-state index contributed by atoms with van der Waals surface area (Å²) in [5, 5.41) is 16.8. The number of phenols is 1. The van der Waals surface area contributed by atoms with Crippen LogP contribution in [0.1, 0.15) is 11.3 Å². The normalized spacial score (nSPS) is 10.5. The Morgan fingerprint density at radius 3 is 3.05 bits per heavy atom.